The topological polar surface area (TPSA) is 21.3 Å². The van der Waals surface area contributed by atoms with Gasteiger partial charge in [0.05, 0.1) is 5.60 Å². The molecule has 0 saturated carbocycles. The van der Waals surface area contributed by atoms with Crippen molar-refractivity contribution in [2.75, 3.05) is 19.4 Å². The fraction of sp³-hybridized carbons (Fsp3) is 0.600. The van der Waals surface area contributed by atoms with Gasteiger partial charge >= 0.3 is 0 Å². The molecule has 2 rings (SSSR count). The van der Waals surface area contributed by atoms with Crippen molar-refractivity contribution in [2.24, 2.45) is 0 Å². The van der Waals surface area contributed by atoms with Gasteiger partial charge in [-0.25, -0.2) is 0 Å². The standard InChI is InChI=1S/C15H23NOS/c1-12(13-5-7-14(18-3)8-6-13)16-11-15(2)9-4-10-17-15/h5-8,12,16H,4,9-11H2,1-3H3. The first-order valence-electron chi connectivity index (χ1n) is 6.64. The summed E-state index contributed by atoms with van der Waals surface area (Å²) in [4.78, 5) is 1.32. The molecule has 1 aliphatic heterocycles. The van der Waals surface area contributed by atoms with E-state index >= 15 is 0 Å². The zero-order chi connectivity index (χ0) is 13.0. The van der Waals surface area contributed by atoms with Gasteiger partial charge in [-0.3, -0.25) is 0 Å². The van der Waals surface area contributed by atoms with E-state index in [2.05, 4.69) is 49.7 Å². The van der Waals surface area contributed by atoms with Gasteiger partial charge in [-0.15, -0.1) is 11.8 Å². The molecule has 2 atom stereocenters. The smallest absolute Gasteiger partial charge is 0.0779 e. The van der Waals surface area contributed by atoms with Gasteiger partial charge in [0, 0.05) is 24.1 Å². The van der Waals surface area contributed by atoms with Crippen molar-refractivity contribution >= 4 is 11.8 Å². The van der Waals surface area contributed by atoms with Crippen LogP contribution in [0, 0.1) is 0 Å². The van der Waals surface area contributed by atoms with Crippen molar-refractivity contribution in [1.29, 1.82) is 0 Å². The molecule has 1 aliphatic rings. The molecule has 100 valence electrons. The second kappa shape index (κ2) is 6.09. The molecule has 1 saturated heterocycles. The summed E-state index contributed by atoms with van der Waals surface area (Å²) in [5.74, 6) is 0. The molecule has 1 fully saturated rings. The van der Waals surface area contributed by atoms with Crippen LogP contribution in [-0.4, -0.2) is 25.0 Å². The molecule has 3 heteroatoms. The zero-order valence-electron chi connectivity index (χ0n) is 11.5. The molecule has 0 radical (unpaired) electrons. The lowest BCUT2D eigenvalue weighted by molar-refractivity contribution is 0.0191. The molecule has 2 nitrogen and oxygen atoms in total. The van der Waals surface area contributed by atoms with Crippen molar-refractivity contribution in [3.05, 3.63) is 29.8 Å². The van der Waals surface area contributed by atoms with E-state index in [-0.39, 0.29) is 5.60 Å². The third kappa shape index (κ3) is 3.50. The minimum atomic E-state index is 0.0352. The summed E-state index contributed by atoms with van der Waals surface area (Å²) in [6.45, 7) is 6.26. The van der Waals surface area contributed by atoms with Crippen molar-refractivity contribution in [2.45, 2.75) is 43.2 Å². The minimum absolute atomic E-state index is 0.0352. The van der Waals surface area contributed by atoms with Gasteiger partial charge in [-0.1, -0.05) is 12.1 Å². The molecule has 2 unspecified atom stereocenters. The second-order valence-corrected chi connectivity index (χ2v) is 6.16. The van der Waals surface area contributed by atoms with Crippen LogP contribution in [0.25, 0.3) is 0 Å². The summed E-state index contributed by atoms with van der Waals surface area (Å²) < 4.78 is 5.80. The highest BCUT2D eigenvalue weighted by atomic mass is 32.2. The largest absolute Gasteiger partial charge is 0.374 e. The Balaban J connectivity index is 1.88. The summed E-state index contributed by atoms with van der Waals surface area (Å²) in [6, 6.07) is 9.17. The van der Waals surface area contributed by atoms with Crippen LogP contribution < -0.4 is 5.32 Å². The molecular formula is C15H23NOS. The Bertz CT molecular complexity index is 371. The number of rotatable bonds is 5. The molecule has 0 amide bonds. The van der Waals surface area contributed by atoms with E-state index in [1.807, 2.05) is 0 Å². The average molecular weight is 265 g/mol. The van der Waals surface area contributed by atoms with Crippen LogP contribution in [0.5, 0.6) is 0 Å². The van der Waals surface area contributed by atoms with Crippen molar-refractivity contribution in [3.63, 3.8) is 0 Å². The number of hydrogen-bond donors (Lipinski definition) is 1. The summed E-state index contributed by atoms with van der Waals surface area (Å²) in [6.07, 6.45) is 4.46. The summed E-state index contributed by atoms with van der Waals surface area (Å²) in [5.41, 5.74) is 1.38. The van der Waals surface area contributed by atoms with Crippen LogP contribution >= 0.6 is 11.8 Å². The third-order valence-corrected chi connectivity index (χ3v) is 4.44. The van der Waals surface area contributed by atoms with Gasteiger partial charge in [0.2, 0.25) is 0 Å². The second-order valence-electron chi connectivity index (χ2n) is 5.28. The number of nitrogens with one attached hydrogen (secondary N) is 1. The lowest BCUT2D eigenvalue weighted by Gasteiger charge is -2.26. The van der Waals surface area contributed by atoms with E-state index < -0.39 is 0 Å². The molecule has 0 bridgehead atoms. The normalized spacial score (nSPS) is 25.3. The Morgan fingerprint density at radius 1 is 1.39 bits per heavy atom. The predicted molar refractivity (Wildman–Crippen MR) is 78.2 cm³/mol. The maximum Gasteiger partial charge on any atom is 0.0779 e. The minimum Gasteiger partial charge on any atom is -0.374 e. The van der Waals surface area contributed by atoms with E-state index in [1.165, 1.54) is 16.9 Å². The van der Waals surface area contributed by atoms with Crippen molar-refractivity contribution in [1.82, 2.24) is 5.32 Å². The third-order valence-electron chi connectivity index (χ3n) is 3.70. The Hall–Kier alpha value is -0.510. The van der Waals surface area contributed by atoms with E-state index in [9.17, 15) is 0 Å². The molecule has 1 aromatic carbocycles. The first-order chi connectivity index (χ1) is 8.63. The lowest BCUT2D eigenvalue weighted by atomic mass is 10.0. The molecule has 18 heavy (non-hydrogen) atoms. The summed E-state index contributed by atoms with van der Waals surface area (Å²) in [5, 5.41) is 3.59. The van der Waals surface area contributed by atoms with E-state index in [1.54, 1.807) is 11.8 Å². The molecule has 1 N–H and O–H groups in total. The van der Waals surface area contributed by atoms with Crippen LogP contribution in [0.3, 0.4) is 0 Å². The van der Waals surface area contributed by atoms with Crippen LogP contribution in [-0.2, 0) is 4.74 Å². The highest BCUT2D eigenvalue weighted by Crippen LogP contribution is 2.25. The van der Waals surface area contributed by atoms with E-state index in [0.29, 0.717) is 6.04 Å². The Morgan fingerprint density at radius 2 is 2.11 bits per heavy atom. The highest BCUT2D eigenvalue weighted by Gasteiger charge is 2.29. The SMILES string of the molecule is CSc1ccc(C(C)NCC2(C)CCCO2)cc1. The van der Waals surface area contributed by atoms with Gasteiger partial charge in [-0.2, -0.15) is 0 Å². The number of benzene rings is 1. The van der Waals surface area contributed by atoms with Crippen LogP contribution in [0.1, 0.15) is 38.3 Å². The van der Waals surface area contributed by atoms with Gasteiger partial charge in [0.25, 0.3) is 0 Å². The quantitative estimate of drug-likeness (QED) is 0.822. The number of ether oxygens (including phenoxy) is 1. The monoisotopic (exact) mass is 265 g/mol. The van der Waals surface area contributed by atoms with Crippen molar-refractivity contribution < 1.29 is 4.74 Å². The molecule has 0 aliphatic carbocycles. The lowest BCUT2D eigenvalue weighted by Crippen LogP contribution is -2.38. The van der Waals surface area contributed by atoms with Crippen LogP contribution in [0.2, 0.25) is 0 Å². The fourth-order valence-corrected chi connectivity index (χ4v) is 2.76. The summed E-state index contributed by atoms with van der Waals surface area (Å²) >= 11 is 1.78. The maximum absolute atomic E-state index is 5.80. The molecule has 0 spiro atoms. The van der Waals surface area contributed by atoms with E-state index in [4.69, 9.17) is 4.74 Å². The van der Waals surface area contributed by atoms with Gasteiger partial charge in [-0.05, 0) is 50.6 Å². The molecule has 0 aromatic heterocycles. The number of thioether (sulfide) groups is 1. The Morgan fingerprint density at radius 3 is 2.67 bits per heavy atom. The molecule has 1 aromatic rings. The fourth-order valence-electron chi connectivity index (χ4n) is 2.36. The zero-order valence-corrected chi connectivity index (χ0v) is 12.3. The van der Waals surface area contributed by atoms with Crippen molar-refractivity contribution in [3.8, 4) is 0 Å². The highest BCUT2D eigenvalue weighted by molar-refractivity contribution is 7.98. The van der Waals surface area contributed by atoms with Gasteiger partial charge < -0.3 is 10.1 Å². The first kappa shape index (κ1) is 13.9. The molecule has 1 heterocycles. The summed E-state index contributed by atoms with van der Waals surface area (Å²) in [7, 11) is 0. The molecular weight excluding hydrogens is 242 g/mol. The average Bonchev–Trinajstić information content (AvgIpc) is 2.83. The van der Waals surface area contributed by atoms with Crippen LogP contribution in [0.4, 0.5) is 0 Å². The first-order valence-corrected chi connectivity index (χ1v) is 7.87. The Labute approximate surface area is 114 Å². The predicted octanol–water partition coefficient (Wildman–Crippen LogP) is 3.63. The number of hydrogen-bond acceptors (Lipinski definition) is 3. The van der Waals surface area contributed by atoms with Gasteiger partial charge in [0.1, 0.15) is 0 Å². The Kier molecular flexibility index (Phi) is 4.71. The maximum atomic E-state index is 5.80. The van der Waals surface area contributed by atoms with Crippen LogP contribution in [0.15, 0.2) is 29.2 Å². The van der Waals surface area contributed by atoms with E-state index in [0.717, 1.165) is 19.6 Å². The van der Waals surface area contributed by atoms with Gasteiger partial charge in [0.15, 0.2) is 0 Å².